The van der Waals surface area contributed by atoms with Gasteiger partial charge in [-0.05, 0) is 23.3 Å². The molecule has 26 heavy (non-hydrogen) atoms. The normalized spacial score (nSPS) is 13.2. The monoisotopic (exact) mass is 348 g/mol. The summed E-state index contributed by atoms with van der Waals surface area (Å²) in [6.45, 7) is 0. The highest BCUT2D eigenvalue weighted by Gasteiger charge is 1.95. The number of carbonyl (C=O) groups is 2. The average Bonchev–Trinajstić information content (AvgIpc) is 2.74. The number of benzene rings is 2. The SMILES string of the molecule is C1CCCCC1.O=C/C=C/c1ccccc1.O=C/C=C/c1ccccc1. The van der Waals surface area contributed by atoms with Gasteiger partial charge in [-0.15, -0.1) is 0 Å². The van der Waals surface area contributed by atoms with Crippen LogP contribution in [0.4, 0.5) is 0 Å². The lowest BCUT2D eigenvalue weighted by Crippen LogP contribution is -1.85. The Morgan fingerprint density at radius 1 is 0.500 bits per heavy atom. The highest BCUT2D eigenvalue weighted by molar-refractivity contribution is 5.74. The smallest absolute Gasteiger partial charge is 0.142 e. The van der Waals surface area contributed by atoms with Gasteiger partial charge in [0.2, 0.25) is 0 Å². The number of carbonyl (C=O) groups excluding carboxylic acids is 2. The molecule has 0 unspecified atom stereocenters. The van der Waals surface area contributed by atoms with Crippen LogP contribution in [0.5, 0.6) is 0 Å². The maximum atomic E-state index is 9.89. The first-order chi connectivity index (χ1) is 12.9. The summed E-state index contributed by atoms with van der Waals surface area (Å²) in [5, 5.41) is 0. The second-order valence-electron chi connectivity index (χ2n) is 5.93. The Balaban J connectivity index is 0.000000201. The summed E-state index contributed by atoms with van der Waals surface area (Å²) in [7, 11) is 0. The molecule has 1 fully saturated rings. The summed E-state index contributed by atoms with van der Waals surface area (Å²) >= 11 is 0. The third-order valence-electron chi connectivity index (χ3n) is 3.83. The number of hydrogen-bond acceptors (Lipinski definition) is 2. The van der Waals surface area contributed by atoms with Gasteiger partial charge in [0.15, 0.2) is 0 Å². The first kappa shape index (κ1) is 21.3. The Morgan fingerprint density at radius 2 is 0.808 bits per heavy atom. The largest absolute Gasteiger partial charge is 0.299 e. The zero-order chi connectivity index (χ0) is 18.7. The van der Waals surface area contributed by atoms with Crippen molar-refractivity contribution in [3.05, 3.63) is 83.9 Å². The first-order valence-electron chi connectivity index (χ1n) is 9.20. The fourth-order valence-corrected chi connectivity index (χ4v) is 2.49. The van der Waals surface area contributed by atoms with E-state index in [2.05, 4.69) is 0 Å². The maximum Gasteiger partial charge on any atom is 0.142 e. The summed E-state index contributed by atoms with van der Waals surface area (Å²) in [6.07, 6.45) is 17.0. The van der Waals surface area contributed by atoms with Crippen molar-refractivity contribution in [2.24, 2.45) is 0 Å². The summed E-state index contributed by atoms with van der Waals surface area (Å²) in [6, 6.07) is 19.4. The lowest BCUT2D eigenvalue weighted by molar-refractivity contribution is -0.104. The van der Waals surface area contributed by atoms with Crippen LogP contribution in [-0.2, 0) is 9.59 Å². The molecule has 0 bridgehead atoms. The third-order valence-corrected chi connectivity index (χ3v) is 3.83. The van der Waals surface area contributed by atoms with Crippen LogP contribution < -0.4 is 0 Å². The van der Waals surface area contributed by atoms with Crippen molar-refractivity contribution in [2.75, 3.05) is 0 Å². The van der Waals surface area contributed by atoms with E-state index < -0.39 is 0 Å². The fraction of sp³-hybridized carbons (Fsp3) is 0.250. The van der Waals surface area contributed by atoms with Gasteiger partial charge in [0.1, 0.15) is 12.6 Å². The van der Waals surface area contributed by atoms with E-state index in [1.807, 2.05) is 60.7 Å². The lowest BCUT2D eigenvalue weighted by atomic mass is 10.0. The van der Waals surface area contributed by atoms with Crippen molar-refractivity contribution in [3.63, 3.8) is 0 Å². The fourth-order valence-electron chi connectivity index (χ4n) is 2.49. The van der Waals surface area contributed by atoms with Gasteiger partial charge in [-0.3, -0.25) is 9.59 Å². The molecule has 0 aromatic heterocycles. The van der Waals surface area contributed by atoms with Crippen LogP contribution in [0.2, 0.25) is 0 Å². The molecule has 0 atom stereocenters. The van der Waals surface area contributed by atoms with Gasteiger partial charge in [0.25, 0.3) is 0 Å². The highest BCUT2D eigenvalue weighted by Crippen LogP contribution is 2.15. The maximum absolute atomic E-state index is 9.89. The number of rotatable bonds is 4. The molecule has 2 aromatic carbocycles. The number of allylic oxidation sites excluding steroid dienone is 2. The quantitative estimate of drug-likeness (QED) is 0.491. The lowest BCUT2D eigenvalue weighted by Gasteiger charge is -2.05. The molecule has 1 aliphatic rings. The average molecular weight is 348 g/mol. The van der Waals surface area contributed by atoms with E-state index in [0.717, 1.165) is 23.7 Å². The zero-order valence-electron chi connectivity index (χ0n) is 15.3. The van der Waals surface area contributed by atoms with Crippen molar-refractivity contribution in [2.45, 2.75) is 38.5 Å². The van der Waals surface area contributed by atoms with Crippen LogP contribution in [0, 0.1) is 0 Å². The number of hydrogen-bond donors (Lipinski definition) is 0. The summed E-state index contributed by atoms with van der Waals surface area (Å²) in [5.74, 6) is 0. The molecule has 0 aliphatic heterocycles. The van der Waals surface area contributed by atoms with Crippen LogP contribution in [0.3, 0.4) is 0 Å². The predicted molar refractivity (Wildman–Crippen MR) is 111 cm³/mol. The van der Waals surface area contributed by atoms with Gasteiger partial charge in [0, 0.05) is 0 Å². The molecular weight excluding hydrogens is 320 g/mol. The predicted octanol–water partition coefficient (Wildman–Crippen LogP) is 6.14. The van der Waals surface area contributed by atoms with Crippen molar-refractivity contribution in [1.29, 1.82) is 0 Å². The van der Waals surface area contributed by atoms with Crippen LogP contribution in [-0.4, -0.2) is 12.6 Å². The van der Waals surface area contributed by atoms with E-state index in [1.165, 1.54) is 50.7 Å². The Morgan fingerprint density at radius 3 is 1.08 bits per heavy atom. The van der Waals surface area contributed by atoms with Gasteiger partial charge >= 0.3 is 0 Å². The Labute approximate surface area is 157 Å². The zero-order valence-corrected chi connectivity index (χ0v) is 15.3. The molecule has 136 valence electrons. The molecular formula is C24H28O2. The second kappa shape index (κ2) is 15.8. The molecule has 0 radical (unpaired) electrons. The summed E-state index contributed by atoms with van der Waals surface area (Å²) in [5.41, 5.74) is 2.10. The minimum atomic E-state index is 0.771. The van der Waals surface area contributed by atoms with Crippen molar-refractivity contribution >= 4 is 24.7 Å². The standard InChI is InChI=1S/2C9H8O.C6H12/c2*10-8-4-7-9-5-2-1-3-6-9;1-2-4-6-5-3-1/h2*1-8H;1-6H2/b2*7-4+;. The Bertz CT molecular complexity index is 573. The molecule has 0 spiro atoms. The van der Waals surface area contributed by atoms with E-state index in [4.69, 9.17) is 0 Å². The van der Waals surface area contributed by atoms with E-state index in [-0.39, 0.29) is 0 Å². The number of aldehydes is 2. The van der Waals surface area contributed by atoms with Gasteiger partial charge in [-0.1, -0.05) is 111 Å². The van der Waals surface area contributed by atoms with E-state index in [1.54, 1.807) is 12.2 Å². The minimum Gasteiger partial charge on any atom is -0.299 e. The molecule has 0 amide bonds. The van der Waals surface area contributed by atoms with Gasteiger partial charge in [-0.2, -0.15) is 0 Å². The van der Waals surface area contributed by atoms with E-state index in [9.17, 15) is 9.59 Å². The van der Waals surface area contributed by atoms with E-state index >= 15 is 0 Å². The minimum absolute atomic E-state index is 0.771. The Kier molecular flexibility index (Phi) is 12.9. The molecule has 3 rings (SSSR count). The van der Waals surface area contributed by atoms with Crippen LogP contribution >= 0.6 is 0 Å². The summed E-state index contributed by atoms with van der Waals surface area (Å²) in [4.78, 5) is 19.8. The topological polar surface area (TPSA) is 34.1 Å². The molecule has 2 heteroatoms. The third kappa shape index (κ3) is 11.7. The van der Waals surface area contributed by atoms with E-state index in [0.29, 0.717) is 0 Å². The van der Waals surface area contributed by atoms with Gasteiger partial charge in [0.05, 0.1) is 0 Å². The molecule has 2 aromatic rings. The highest BCUT2D eigenvalue weighted by atomic mass is 16.1. The van der Waals surface area contributed by atoms with Crippen LogP contribution in [0.1, 0.15) is 49.7 Å². The molecule has 0 N–H and O–H groups in total. The molecule has 1 aliphatic carbocycles. The van der Waals surface area contributed by atoms with Crippen molar-refractivity contribution in [3.8, 4) is 0 Å². The van der Waals surface area contributed by atoms with Crippen LogP contribution in [0.15, 0.2) is 72.8 Å². The molecule has 0 saturated heterocycles. The van der Waals surface area contributed by atoms with Crippen LogP contribution in [0.25, 0.3) is 12.2 Å². The van der Waals surface area contributed by atoms with Crippen molar-refractivity contribution < 1.29 is 9.59 Å². The summed E-state index contributed by atoms with van der Waals surface area (Å²) < 4.78 is 0. The van der Waals surface area contributed by atoms with Gasteiger partial charge < -0.3 is 0 Å². The molecule has 1 saturated carbocycles. The first-order valence-corrected chi connectivity index (χ1v) is 9.20. The second-order valence-corrected chi connectivity index (χ2v) is 5.93. The van der Waals surface area contributed by atoms with Crippen molar-refractivity contribution in [1.82, 2.24) is 0 Å². The Hall–Kier alpha value is -2.74. The molecule has 2 nitrogen and oxygen atoms in total. The molecule has 0 heterocycles. The van der Waals surface area contributed by atoms with Gasteiger partial charge in [-0.25, -0.2) is 0 Å².